The van der Waals surface area contributed by atoms with Crippen LogP contribution >= 0.6 is 0 Å². The predicted molar refractivity (Wildman–Crippen MR) is 228 cm³/mol. The van der Waals surface area contributed by atoms with Crippen LogP contribution in [0, 0.1) is 0 Å². The maximum absolute atomic E-state index is 12.8. The molecular formula is C44H45F3N10O7. The zero-order valence-corrected chi connectivity index (χ0v) is 34.0. The number of carbonyl (C=O) groups is 3. The summed E-state index contributed by atoms with van der Waals surface area (Å²) >= 11 is 0. The van der Waals surface area contributed by atoms with E-state index in [1.807, 2.05) is 71.6 Å². The van der Waals surface area contributed by atoms with Crippen LogP contribution in [-0.2, 0) is 16.1 Å². The number of ether oxygens (including phenoxy) is 1. The molecule has 7 N–H and O–H groups in total. The molecule has 1 aliphatic carbocycles. The Kier molecular flexibility index (Phi) is 14.1. The van der Waals surface area contributed by atoms with E-state index in [2.05, 4.69) is 50.5 Å². The van der Waals surface area contributed by atoms with Crippen molar-refractivity contribution >= 4 is 46.7 Å². The topological polar surface area (TPSA) is 229 Å². The number of hydrogen-bond donors (Lipinski definition) is 7. The number of alkyl halides is 3. The van der Waals surface area contributed by atoms with E-state index >= 15 is 0 Å². The third-order valence-electron chi connectivity index (χ3n) is 10.8. The normalized spacial score (nSPS) is 19.4. The van der Waals surface area contributed by atoms with Gasteiger partial charge in [-0.2, -0.15) is 23.1 Å². The number of nitrogens with zero attached hydrogens (tertiary/aromatic N) is 6. The van der Waals surface area contributed by atoms with E-state index in [0.717, 1.165) is 16.7 Å². The summed E-state index contributed by atoms with van der Waals surface area (Å²) in [6.07, 6.45) is -2.61. The molecule has 8 rings (SSSR count). The second-order valence-electron chi connectivity index (χ2n) is 15.1. The molecule has 20 heteroatoms. The molecule has 2 aliphatic rings. The molecule has 4 heterocycles. The van der Waals surface area contributed by atoms with Crippen LogP contribution in [0.1, 0.15) is 41.5 Å². The number of aliphatic hydroxyl groups excluding tert-OH is 2. The number of carbonyl (C=O) groups excluding carboxylic acids is 2. The zero-order chi connectivity index (χ0) is 45.2. The number of fused-ring (bicyclic) bond motifs is 1. The molecule has 1 aliphatic heterocycles. The first-order chi connectivity index (χ1) is 30.8. The number of rotatable bonds is 12. The number of aromatic nitrogens is 5. The Balaban J connectivity index is 0.000000809. The van der Waals surface area contributed by atoms with Crippen LogP contribution in [0.3, 0.4) is 0 Å². The highest BCUT2D eigenvalue weighted by Crippen LogP contribution is 2.36. The fourth-order valence-corrected chi connectivity index (χ4v) is 7.60. The van der Waals surface area contributed by atoms with Gasteiger partial charge in [-0.25, -0.2) is 19.4 Å². The van der Waals surface area contributed by atoms with Crippen LogP contribution in [0.25, 0.3) is 11.2 Å². The summed E-state index contributed by atoms with van der Waals surface area (Å²) in [6, 6.07) is 31.3. The summed E-state index contributed by atoms with van der Waals surface area (Å²) in [5.74, 6) is -1.84. The Morgan fingerprint density at radius 3 is 2.14 bits per heavy atom. The van der Waals surface area contributed by atoms with Gasteiger partial charge in [-0.05, 0) is 41.7 Å². The number of hydrogen-bond acceptors (Lipinski definition) is 12. The molecule has 64 heavy (non-hydrogen) atoms. The molecule has 6 aromatic rings. The largest absolute Gasteiger partial charge is 0.490 e. The number of aliphatic hydroxyl groups is 2. The highest BCUT2D eigenvalue weighted by Gasteiger charge is 2.44. The van der Waals surface area contributed by atoms with Gasteiger partial charge in [0.05, 0.1) is 30.3 Å². The molecule has 0 radical (unpaired) electrons. The van der Waals surface area contributed by atoms with Crippen molar-refractivity contribution in [3.8, 4) is 0 Å². The van der Waals surface area contributed by atoms with Gasteiger partial charge < -0.3 is 50.8 Å². The first-order valence-electron chi connectivity index (χ1n) is 20.3. The molecule has 3 aromatic heterocycles. The maximum atomic E-state index is 12.8. The molecule has 2 fully saturated rings. The fourth-order valence-electron chi connectivity index (χ4n) is 7.60. The van der Waals surface area contributed by atoms with E-state index in [4.69, 9.17) is 29.6 Å². The Morgan fingerprint density at radius 2 is 1.52 bits per heavy atom. The van der Waals surface area contributed by atoms with Crippen LogP contribution < -0.4 is 26.2 Å². The van der Waals surface area contributed by atoms with Crippen molar-refractivity contribution in [1.29, 1.82) is 0 Å². The highest BCUT2D eigenvalue weighted by molar-refractivity contribution is 5.89. The van der Waals surface area contributed by atoms with Crippen molar-refractivity contribution in [3.05, 3.63) is 139 Å². The van der Waals surface area contributed by atoms with Crippen molar-refractivity contribution < 1.29 is 47.6 Å². The summed E-state index contributed by atoms with van der Waals surface area (Å²) in [6.45, 7) is 1.60. The lowest BCUT2D eigenvalue weighted by atomic mass is 9.91. The molecule has 1 saturated heterocycles. The first-order valence-corrected chi connectivity index (χ1v) is 20.3. The average Bonchev–Trinajstić information content (AvgIpc) is 4.02. The summed E-state index contributed by atoms with van der Waals surface area (Å²) < 4.78 is 38.9. The van der Waals surface area contributed by atoms with Gasteiger partial charge in [-0.1, -0.05) is 91.0 Å². The van der Waals surface area contributed by atoms with Gasteiger partial charge in [-0.15, -0.1) is 0 Å². The number of amides is 3. The lowest BCUT2D eigenvalue weighted by molar-refractivity contribution is -0.192. The number of benzene rings is 3. The van der Waals surface area contributed by atoms with Gasteiger partial charge in [0.15, 0.2) is 17.0 Å². The van der Waals surface area contributed by atoms with E-state index in [-0.39, 0.29) is 31.0 Å². The molecule has 5 atom stereocenters. The number of anilines is 3. The summed E-state index contributed by atoms with van der Waals surface area (Å²) in [7, 11) is 0. The van der Waals surface area contributed by atoms with Gasteiger partial charge in [0.1, 0.15) is 18.8 Å². The molecule has 3 aromatic carbocycles. The molecule has 0 spiro atoms. The minimum atomic E-state index is -5.08. The number of imidazole rings is 1. The van der Waals surface area contributed by atoms with Crippen LogP contribution in [0.4, 0.5) is 40.2 Å². The number of halogens is 3. The monoisotopic (exact) mass is 882 g/mol. The number of nitrogens with one attached hydrogen (secondary N) is 4. The van der Waals surface area contributed by atoms with E-state index in [9.17, 15) is 33.0 Å². The molecule has 0 unspecified atom stereocenters. The fraction of sp³-hybridized carbons (Fsp3) is 0.295. The van der Waals surface area contributed by atoms with Crippen LogP contribution in [0.15, 0.2) is 122 Å². The van der Waals surface area contributed by atoms with Crippen LogP contribution in [0.2, 0.25) is 0 Å². The maximum Gasteiger partial charge on any atom is 0.490 e. The summed E-state index contributed by atoms with van der Waals surface area (Å²) in [5.41, 5.74) is 4.63. The third-order valence-corrected chi connectivity index (χ3v) is 10.8. The van der Waals surface area contributed by atoms with E-state index in [1.165, 1.54) is 0 Å². The summed E-state index contributed by atoms with van der Waals surface area (Å²) in [5, 5.41) is 41.8. The van der Waals surface area contributed by atoms with Gasteiger partial charge in [0, 0.05) is 37.8 Å². The predicted octanol–water partition coefficient (Wildman–Crippen LogP) is 5.46. The van der Waals surface area contributed by atoms with Gasteiger partial charge >= 0.3 is 24.3 Å². The van der Waals surface area contributed by atoms with Crippen molar-refractivity contribution in [2.24, 2.45) is 0 Å². The number of carboxylic acid groups (broad SMARTS) is 1. The zero-order valence-electron chi connectivity index (χ0n) is 34.0. The molecule has 3 amide bonds. The minimum absolute atomic E-state index is 0.0121. The number of pyridine rings is 1. The number of alkyl carbamates (subject to hydrolysis) is 1. The molecule has 17 nitrogen and oxygen atoms in total. The number of aliphatic carboxylic acids is 1. The standard InChI is InChI=1S/C42H44N10O5.C2HF3O2/c53-36-33(48-42(56)57-25-27-11-4-1-5-12-27)21-34(37(36)54)52-26-45-35-38(44-23-32(28-13-6-2-7-14-28)29-15-8-3-9-16-29)49-40(50-39(35)52)51-20-18-31(24-51)47-41(55)46-30-17-10-19-43-22-30;3-2(4,5)1(6)7/h1-17,19,22,26,31-34,36-37,53-54H,18,20-21,23-25H2,(H,48,56)(H,44,49,50)(H2,46,47,55);(H,6,7)/t31-,33+,34-,36-,37+;/m1./s1. The average molecular weight is 883 g/mol. The van der Waals surface area contributed by atoms with E-state index in [1.54, 1.807) is 35.4 Å². The van der Waals surface area contributed by atoms with Crippen molar-refractivity contribution in [3.63, 3.8) is 0 Å². The molecule has 1 saturated carbocycles. The minimum Gasteiger partial charge on any atom is -0.475 e. The van der Waals surface area contributed by atoms with Gasteiger partial charge in [0.25, 0.3) is 0 Å². The Labute approximate surface area is 364 Å². The summed E-state index contributed by atoms with van der Waals surface area (Å²) in [4.78, 5) is 55.3. The number of urea groups is 1. The molecule has 334 valence electrons. The van der Waals surface area contributed by atoms with Gasteiger partial charge in [0.2, 0.25) is 5.95 Å². The highest BCUT2D eigenvalue weighted by atomic mass is 19.4. The Morgan fingerprint density at radius 1 is 0.859 bits per heavy atom. The lowest BCUT2D eigenvalue weighted by Gasteiger charge is -2.22. The number of carboxylic acids is 1. The van der Waals surface area contributed by atoms with Crippen molar-refractivity contribution in [1.82, 2.24) is 35.1 Å². The van der Waals surface area contributed by atoms with Crippen molar-refractivity contribution in [2.45, 2.75) is 61.9 Å². The third kappa shape index (κ3) is 11.2. The smallest absolute Gasteiger partial charge is 0.475 e. The van der Waals surface area contributed by atoms with E-state index < -0.39 is 42.5 Å². The Bertz CT molecular complexity index is 2450. The quantitative estimate of drug-likeness (QED) is 0.0811. The van der Waals surface area contributed by atoms with Gasteiger partial charge in [-0.3, -0.25) is 4.98 Å². The van der Waals surface area contributed by atoms with Crippen LogP contribution in [-0.4, -0.2) is 108 Å². The second kappa shape index (κ2) is 20.2. The SMILES string of the molecule is O=C(Nc1cccnc1)N[C@@H]1CCN(c2nc(NCC(c3ccccc3)c3ccccc3)c3ncn([C@@H]4C[C@H](NC(=O)OCc5ccccc5)[C@@H](O)[C@H]4O)c3n2)C1.O=C(O)C(F)(F)F. The van der Waals surface area contributed by atoms with Crippen molar-refractivity contribution in [2.75, 3.05) is 35.2 Å². The van der Waals surface area contributed by atoms with Crippen LogP contribution in [0.5, 0.6) is 0 Å². The van der Waals surface area contributed by atoms with E-state index in [0.29, 0.717) is 54.7 Å². The first kappa shape index (κ1) is 44.7. The molecular weight excluding hydrogens is 838 g/mol. The lowest BCUT2D eigenvalue weighted by Crippen LogP contribution is -2.43. The molecule has 0 bridgehead atoms. The Hall–Kier alpha value is -7.32. The second-order valence-corrected chi connectivity index (χ2v) is 15.1.